The summed E-state index contributed by atoms with van der Waals surface area (Å²) in [6.45, 7) is 0.736. The third-order valence-corrected chi connectivity index (χ3v) is 5.06. The van der Waals surface area contributed by atoms with Crippen LogP contribution >= 0.6 is 11.3 Å². The van der Waals surface area contributed by atoms with E-state index < -0.39 is 11.8 Å². The zero-order valence-corrected chi connectivity index (χ0v) is 17.0. The van der Waals surface area contributed by atoms with Gasteiger partial charge in [0.2, 0.25) is 10.9 Å². The van der Waals surface area contributed by atoms with Crippen molar-refractivity contribution in [2.75, 3.05) is 23.9 Å². The number of anilines is 2. The van der Waals surface area contributed by atoms with Crippen molar-refractivity contribution in [3.8, 4) is 5.75 Å². The quantitative estimate of drug-likeness (QED) is 0.541. The number of aromatic nitrogens is 2. The second-order valence-electron chi connectivity index (χ2n) is 6.30. The van der Waals surface area contributed by atoms with Gasteiger partial charge in [0.25, 0.3) is 5.91 Å². The SMILES string of the molecule is COc1ccc(N(CCC(N)=O)Cc2nnc(C(=O)Nc3ccc(F)cc3)s2)cc1. The number of rotatable bonds is 9. The van der Waals surface area contributed by atoms with E-state index in [9.17, 15) is 14.0 Å². The molecule has 3 aromatic rings. The molecule has 2 aromatic carbocycles. The van der Waals surface area contributed by atoms with Crippen molar-refractivity contribution in [3.63, 3.8) is 0 Å². The molecule has 0 fully saturated rings. The summed E-state index contributed by atoms with van der Waals surface area (Å²) < 4.78 is 18.2. The fourth-order valence-electron chi connectivity index (χ4n) is 2.63. The fourth-order valence-corrected chi connectivity index (χ4v) is 3.38. The van der Waals surface area contributed by atoms with E-state index in [1.54, 1.807) is 7.11 Å². The van der Waals surface area contributed by atoms with Crippen LogP contribution in [0.2, 0.25) is 0 Å². The van der Waals surface area contributed by atoms with Gasteiger partial charge in [-0.25, -0.2) is 4.39 Å². The fraction of sp³-hybridized carbons (Fsp3) is 0.200. The van der Waals surface area contributed by atoms with Gasteiger partial charge in [0, 0.05) is 24.3 Å². The number of carbonyl (C=O) groups excluding carboxylic acids is 2. The van der Waals surface area contributed by atoms with Crippen LogP contribution in [-0.4, -0.2) is 35.7 Å². The molecule has 0 spiro atoms. The van der Waals surface area contributed by atoms with Crippen LogP contribution < -0.4 is 20.7 Å². The van der Waals surface area contributed by atoms with Crippen LogP contribution in [0.15, 0.2) is 48.5 Å². The highest BCUT2D eigenvalue weighted by molar-refractivity contribution is 7.13. The molecule has 0 aliphatic carbocycles. The van der Waals surface area contributed by atoms with E-state index in [1.807, 2.05) is 29.2 Å². The average Bonchev–Trinajstić information content (AvgIpc) is 3.21. The number of carbonyl (C=O) groups is 2. The molecule has 0 atom stereocenters. The summed E-state index contributed by atoms with van der Waals surface area (Å²) in [5, 5.41) is 11.5. The highest BCUT2D eigenvalue weighted by Crippen LogP contribution is 2.23. The van der Waals surface area contributed by atoms with Crippen LogP contribution in [0.4, 0.5) is 15.8 Å². The van der Waals surface area contributed by atoms with E-state index in [1.165, 1.54) is 24.3 Å². The zero-order chi connectivity index (χ0) is 21.5. The highest BCUT2D eigenvalue weighted by Gasteiger charge is 2.16. The molecule has 156 valence electrons. The van der Waals surface area contributed by atoms with Crippen LogP contribution in [0.1, 0.15) is 21.2 Å². The summed E-state index contributed by atoms with van der Waals surface area (Å²) in [5.74, 6) is -0.520. The van der Waals surface area contributed by atoms with E-state index in [4.69, 9.17) is 10.5 Å². The molecule has 0 aliphatic heterocycles. The smallest absolute Gasteiger partial charge is 0.286 e. The maximum absolute atomic E-state index is 13.0. The highest BCUT2D eigenvalue weighted by atomic mass is 32.1. The number of hydrogen-bond acceptors (Lipinski definition) is 7. The Morgan fingerprint density at radius 2 is 1.83 bits per heavy atom. The van der Waals surface area contributed by atoms with Crippen molar-refractivity contribution in [1.82, 2.24) is 10.2 Å². The second-order valence-corrected chi connectivity index (χ2v) is 7.36. The molecular weight excluding hydrogens is 409 g/mol. The van der Waals surface area contributed by atoms with E-state index in [0.717, 1.165) is 17.0 Å². The number of primary amides is 1. The van der Waals surface area contributed by atoms with Gasteiger partial charge >= 0.3 is 0 Å². The van der Waals surface area contributed by atoms with Crippen molar-refractivity contribution < 1.29 is 18.7 Å². The molecule has 30 heavy (non-hydrogen) atoms. The number of hydrogen-bond donors (Lipinski definition) is 2. The van der Waals surface area contributed by atoms with E-state index >= 15 is 0 Å². The summed E-state index contributed by atoms with van der Waals surface area (Å²) in [5.41, 5.74) is 6.61. The zero-order valence-electron chi connectivity index (χ0n) is 16.2. The minimum atomic E-state index is -0.432. The molecule has 0 aliphatic rings. The van der Waals surface area contributed by atoms with Crippen LogP contribution in [0, 0.1) is 5.82 Å². The number of nitrogens with two attached hydrogens (primary N) is 1. The Bertz CT molecular complexity index is 1010. The first-order valence-corrected chi connectivity index (χ1v) is 9.83. The first-order valence-electron chi connectivity index (χ1n) is 9.01. The monoisotopic (exact) mass is 429 g/mol. The molecule has 1 heterocycles. The number of benzene rings is 2. The molecule has 1 aromatic heterocycles. The molecule has 0 saturated carbocycles. The summed E-state index contributed by atoms with van der Waals surface area (Å²) >= 11 is 1.14. The van der Waals surface area contributed by atoms with Crippen LogP contribution in [0.25, 0.3) is 0 Å². The van der Waals surface area contributed by atoms with Gasteiger partial charge in [0.05, 0.1) is 13.7 Å². The van der Waals surface area contributed by atoms with Gasteiger partial charge in [0.15, 0.2) is 0 Å². The number of ether oxygens (including phenoxy) is 1. The lowest BCUT2D eigenvalue weighted by atomic mass is 10.2. The van der Waals surface area contributed by atoms with Crippen molar-refractivity contribution in [3.05, 3.63) is 64.4 Å². The predicted molar refractivity (Wildman–Crippen MR) is 112 cm³/mol. The maximum Gasteiger partial charge on any atom is 0.286 e. The van der Waals surface area contributed by atoms with Gasteiger partial charge in [-0.3, -0.25) is 9.59 Å². The second kappa shape index (κ2) is 9.79. The first kappa shape index (κ1) is 21.2. The molecule has 0 unspecified atom stereocenters. The minimum absolute atomic E-state index is 0.169. The Labute approximate surface area is 176 Å². The molecule has 0 radical (unpaired) electrons. The lowest BCUT2D eigenvalue weighted by Gasteiger charge is -2.23. The number of amides is 2. The molecule has 3 N–H and O–H groups in total. The largest absolute Gasteiger partial charge is 0.497 e. The number of nitrogens with zero attached hydrogens (tertiary/aromatic N) is 3. The molecule has 0 bridgehead atoms. The Hall–Kier alpha value is -3.53. The molecule has 2 amide bonds. The van der Waals surface area contributed by atoms with Gasteiger partial charge in [-0.1, -0.05) is 11.3 Å². The van der Waals surface area contributed by atoms with Crippen molar-refractivity contribution in [1.29, 1.82) is 0 Å². The summed E-state index contributed by atoms with van der Waals surface area (Å²) in [6.07, 6.45) is 0.169. The Balaban J connectivity index is 1.71. The predicted octanol–water partition coefficient (Wildman–Crippen LogP) is 2.82. The molecular formula is C20H20FN5O3S. The normalized spacial score (nSPS) is 10.5. The van der Waals surface area contributed by atoms with Gasteiger partial charge in [-0.2, -0.15) is 0 Å². The van der Waals surface area contributed by atoms with Crippen molar-refractivity contribution >= 4 is 34.5 Å². The molecule has 0 saturated heterocycles. The van der Waals surface area contributed by atoms with E-state index in [-0.39, 0.29) is 17.2 Å². The van der Waals surface area contributed by atoms with Crippen LogP contribution in [-0.2, 0) is 11.3 Å². The van der Waals surface area contributed by atoms with Gasteiger partial charge in [-0.05, 0) is 48.5 Å². The third kappa shape index (κ3) is 5.74. The van der Waals surface area contributed by atoms with Gasteiger partial charge in [-0.15, -0.1) is 10.2 Å². The first-order chi connectivity index (χ1) is 14.4. The third-order valence-electron chi connectivity index (χ3n) is 4.15. The maximum atomic E-state index is 13.0. The number of nitrogens with one attached hydrogen (secondary N) is 1. The van der Waals surface area contributed by atoms with Gasteiger partial charge < -0.3 is 20.7 Å². The summed E-state index contributed by atoms with van der Waals surface area (Å²) in [7, 11) is 1.58. The van der Waals surface area contributed by atoms with Crippen LogP contribution in [0.3, 0.4) is 0 Å². The van der Waals surface area contributed by atoms with Crippen molar-refractivity contribution in [2.45, 2.75) is 13.0 Å². The van der Waals surface area contributed by atoms with E-state index in [2.05, 4.69) is 15.5 Å². The topological polar surface area (TPSA) is 110 Å². The Morgan fingerprint density at radius 3 is 2.47 bits per heavy atom. The summed E-state index contributed by atoms with van der Waals surface area (Å²) in [6, 6.07) is 12.8. The van der Waals surface area contributed by atoms with Crippen molar-refractivity contribution in [2.24, 2.45) is 5.73 Å². The number of halogens is 1. The van der Waals surface area contributed by atoms with E-state index in [0.29, 0.717) is 29.5 Å². The summed E-state index contributed by atoms with van der Waals surface area (Å²) in [4.78, 5) is 25.5. The lowest BCUT2D eigenvalue weighted by Crippen LogP contribution is -2.27. The molecule has 3 rings (SSSR count). The van der Waals surface area contributed by atoms with Gasteiger partial charge in [0.1, 0.15) is 16.6 Å². The molecule has 8 nitrogen and oxygen atoms in total. The number of methoxy groups -OCH3 is 1. The minimum Gasteiger partial charge on any atom is -0.497 e. The molecule has 10 heteroatoms. The Kier molecular flexibility index (Phi) is 6.91. The average molecular weight is 429 g/mol. The van der Waals surface area contributed by atoms with Crippen LogP contribution in [0.5, 0.6) is 5.75 Å². The Morgan fingerprint density at radius 1 is 1.13 bits per heavy atom. The lowest BCUT2D eigenvalue weighted by molar-refractivity contribution is -0.117. The standard InChI is InChI=1S/C20H20FN5O3S/c1-29-16-8-6-15(7-9-16)26(11-10-17(22)27)12-18-24-25-20(30-18)19(28)23-14-4-2-13(21)3-5-14/h2-9H,10-12H2,1H3,(H2,22,27)(H,23,28).